The van der Waals surface area contributed by atoms with Gasteiger partial charge in [-0.05, 0) is 23.6 Å². The number of benzene rings is 1. The number of ether oxygens (including phenoxy) is 1. The first kappa shape index (κ1) is 13.4. The molecule has 2 rings (SSSR count). The Balaban J connectivity index is 2.14. The Bertz CT molecular complexity index is 569. The van der Waals surface area contributed by atoms with E-state index in [4.69, 9.17) is 10.5 Å². The van der Waals surface area contributed by atoms with Crippen LogP contribution in [0.15, 0.2) is 35.7 Å². The molecule has 0 fully saturated rings. The Kier molecular flexibility index (Phi) is 4.03. The van der Waals surface area contributed by atoms with E-state index >= 15 is 0 Å². The van der Waals surface area contributed by atoms with Crippen molar-refractivity contribution in [2.24, 2.45) is 5.73 Å². The number of carbonyl (C=O) groups is 1. The summed E-state index contributed by atoms with van der Waals surface area (Å²) in [6.07, 6.45) is 0. The van der Waals surface area contributed by atoms with Crippen molar-refractivity contribution in [3.63, 3.8) is 0 Å². The Labute approximate surface area is 114 Å². The van der Waals surface area contributed by atoms with E-state index in [0.717, 1.165) is 4.88 Å². The van der Waals surface area contributed by atoms with Crippen LogP contribution < -0.4 is 15.8 Å². The van der Waals surface area contributed by atoms with Crippen LogP contribution in [0.1, 0.15) is 10.9 Å². The van der Waals surface area contributed by atoms with Crippen LogP contribution in [0.25, 0.3) is 0 Å². The first-order chi connectivity index (χ1) is 9.11. The molecule has 19 heavy (non-hydrogen) atoms. The molecule has 0 aliphatic rings. The van der Waals surface area contributed by atoms with Crippen LogP contribution in [0, 0.1) is 0 Å². The third-order valence-corrected chi connectivity index (χ3v) is 3.55. The summed E-state index contributed by atoms with van der Waals surface area (Å²) in [5.74, 6) is 0.122. The summed E-state index contributed by atoms with van der Waals surface area (Å²) in [5.41, 5.74) is 6.11. The first-order valence-corrected chi connectivity index (χ1v) is 6.46. The number of thiophene rings is 1. The number of nitrogens with two attached hydrogens (primary N) is 1. The minimum absolute atomic E-state index is 0.0347. The van der Waals surface area contributed by atoms with Crippen molar-refractivity contribution in [2.75, 3.05) is 12.4 Å². The van der Waals surface area contributed by atoms with Crippen molar-refractivity contribution in [3.05, 3.63) is 40.6 Å². The predicted molar refractivity (Wildman–Crippen MR) is 74.5 cm³/mol. The molecular formula is C13H14N2O3S. The molecule has 6 heteroatoms. The second kappa shape index (κ2) is 5.73. The monoisotopic (exact) mass is 278 g/mol. The highest BCUT2D eigenvalue weighted by atomic mass is 32.1. The van der Waals surface area contributed by atoms with Crippen molar-refractivity contribution >= 4 is 22.9 Å². The lowest BCUT2D eigenvalue weighted by atomic mass is 10.2. The summed E-state index contributed by atoms with van der Waals surface area (Å²) < 4.78 is 5.03. The summed E-state index contributed by atoms with van der Waals surface area (Å²) in [7, 11) is 1.51. The van der Waals surface area contributed by atoms with Crippen LogP contribution in [-0.4, -0.2) is 18.1 Å². The van der Waals surface area contributed by atoms with E-state index in [0.29, 0.717) is 5.75 Å². The molecule has 0 bridgehead atoms. The first-order valence-electron chi connectivity index (χ1n) is 5.58. The molecule has 1 heterocycles. The zero-order valence-corrected chi connectivity index (χ0v) is 11.1. The molecule has 0 saturated heterocycles. The maximum absolute atomic E-state index is 12.0. The lowest BCUT2D eigenvalue weighted by molar-refractivity contribution is -0.117. The summed E-state index contributed by atoms with van der Waals surface area (Å²) >= 11 is 1.41. The lowest BCUT2D eigenvalue weighted by Crippen LogP contribution is -2.27. The summed E-state index contributed by atoms with van der Waals surface area (Å²) in [6, 6.07) is 7.45. The second-order valence-electron chi connectivity index (χ2n) is 3.87. The van der Waals surface area contributed by atoms with E-state index in [1.54, 1.807) is 12.1 Å². The third-order valence-electron chi connectivity index (χ3n) is 2.59. The molecule has 1 aromatic heterocycles. The predicted octanol–water partition coefficient (Wildman–Crippen LogP) is 2.10. The zero-order chi connectivity index (χ0) is 13.8. The summed E-state index contributed by atoms with van der Waals surface area (Å²) in [4.78, 5) is 12.7. The van der Waals surface area contributed by atoms with Crippen LogP contribution in [-0.2, 0) is 4.79 Å². The van der Waals surface area contributed by atoms with Crippen LogP contribution in [0.3, 0.4) is 0 Å². The van der Waals surface area contributed by atoms with Crippen LogP contribution >= 0.6 is 11.3 Å². The van der Waals surface area contributed by atoms with E-state index in [2.05, 4.69) is 5.32 Å². The van der Waals surface area contributed by atoms with Gasteiger partial charge in [0.15, 0.2) is 0 Å². The van der Waals surface area contributed by atoms with Gasteiger partial charge in [-0.3, -0.25) is 4.79 Å². The Morgan fingerprint density at radius 1 is 1.47 bits per heavy atom. The van der Waals surface area contributed by atoms with E-state index in [1.165, 1.54) is 30.6 Å². The minimum atomic E-state index is -0.759. The van der Waals surface area contributed by atoms with E-state index in [9.17, 15) is 9.90 Å². The number of phenols is 1. The second-order valence-corrected chi connectivity index (χ2v) is 4.84. The molecule has 0 radical (unpaired) electrons. The maximum Gasteiger partial charge on any atom is 0.246 e. The van der Waals surface area contributed by atoms with E-state index in [1.807, 2.05) is 11.4 Å². The third kappa shape index (κ3) is 3.04. The Morgan fingerprint density at radius 3 is 2.89 bits per heavy atom. The molecule has 5 nitrogen and oxygen atoms in total. The minimum Gasteiger partial charge on any atom is -0.506 e. The van der Waals surface area contributed by atoms with E-state index < -0.39 is 6.04 Å². The molecule has 0 aliphatic carbocycles. The van der Waals surface area contributed by atoms with Gasteiger partial charge in [-0.25, -0.2) is 0 Å². The van der Waals surface area contributed by atoms with Gasteiger partial charge in [0.1, 0.15) is 17.5 Å². The van der Waals surface area contributed by atoms with E-state index in [-0.39, 0.29) is 17.3 Å². The molecule has 2 aromatic rings. The fourth-order valence-electron chi connectivity index (χ4n) is 1.55. The normalized spacial score (nSPS) is 11.9. The zero-order valence-electron chi connectivity index (χ0n) is 10.3. The molecule has 1 aromatic carbocycles. The molecule has 0 saturated carbocycles. The van der Waals surface area contributed by atoms with Crippen LogP contribution in [0.2, 0.25) is 0 Å². The molecule has 0 spiro atoms. The largest absolute Gasteiger partial charge is 0.506 e. The van der Waals surface area contributed by atoms with Gasteiger partial charge in [-0.15, -0.1) is 11.3 Å². The molecule has 4 N–H and O–H groups in total. The fourth-order valence-corrected chi connectivity index (χ4v) is 2.28. The molecular weight excluding hydrogens is 264 g/mol. The van der Waals surface area contributed by atoms with Crippen molar-refractivity contribution in [1.82, 2.24) is 0 Å². The molecule has 1 amide bonds. The van der Waals surface area contributed by atoms with Gasteiger partial charge in [-0.1, -0.05) is 6.07 Å². The average Bonchev–Trinajstić information content (AvgIpc) is 2.94. The molecule has 1 unspecified atom stereocenters. The van der Waals surface area contributed by atoms with Crippen LogP contribution in [0.5, 0.6) is 11.5 Å². The molecule has 100 valence electrons. The standard InChI is InChI=1S/C13H14N2O3S/c1-18-8-4-5-10(16)9(7-8)15-13(17)12(14)11-3-2-6-19-11/h2-7,12,16H,14H2,1H3,(H,15,17). The smallest absolute Gasteiger partial charge is 0.246 e. The topological polar surface area (TPSA) is 84.6 Å². The number of hydrogen-bond donors (Lipinski definition) is 3. The Hall–Kier alpha value is -2.05. The van der Waals surface area contributed by atoms with Gasteiger partial charge < -0.3 is 20.9 Å². The maximum atomic E-state index is 12.0. The van der Waals surface area contributed by atoms with Gasteiger partial charge in [0, 0.05) is 10.9 Å². The summed E-state index contributed by atoms with van der Waals surface area (Å²) in [6.45, 7) is 0. The summed E-state index contributed by atoms with van der Waals surface area (Å²) in [5, 5.41) is 14.1. The number of carbonyl (C=O) groups excluding carboxylic acids is 1. The van der Waals surface area contributed by atoms with Gasteiger partial charge in [-0.2, -0.15) is 0 Å². The number of hydrogen-bond acceptors (Lipinski definition) is 5. The molecule has 0 aliphatic heterocycles. The molecule has 1 atom stereocenters. The number of aromatic hydroxyl groups is 1. The quantitative estimate of drug-likeness (QED) is 0.748. The highest BCUT2D eigenvalue weighted by molar-refractivity contribution is 7.10. The van der Waals surface area contributed by atoms with Gasteiger partial charge in [0.2, 0.25) is 5.91 Å². The highest BCUT2D eigenvalue weighted by Gasteiger charge is 2.18. The number of methoxy groups -OCH3 is 1. The van der Waals surface area contributed by atoms with Crippen molar-refractivity contribution in [3.8, 4) is 11.5 Å². The SMILES string of the molecule is COc1ccc(O)c(NC(=O)C(N)c2cccs2)c1. The van der Waals surface area contributed by atoms with Gasteiger partial charge in [0.25, 0.3) is 0 Å². The number of amides is 1. The van der Waals surface area contributed by atoms with Crippen LogP contribution in [0.4, 0.5) is 5.69 Å². The van der Waals surface area contributed by atoms with Gasteiger partial charge >= 0.3 is 0 Å². The highest BCUT2D eigenvalue weighted by Crippen LogP contribution is 2.29. The van der Waals surface area contributed by atoms with Crippen molar-refractivity contribution < 1.29 is 14.6 Å². The average molecular weight is 278 g/mol. The number of anilines is 1. The fraction of sp³-hybridized carbons (Fsp3) is 0.154. The van der Waals surface area contributed by atoms with Crippen molar-refractivity contribution in [1.29, 1.82) is 0 Å². The van der Waals surface area contributed by atoms with Crippen molar-refractivity contribution in [2.45, 2.75) is 6.04 Å². The van der Waals surface area contributed by atoms with Gasteiger partial charge in [0.05, 0.1) is 12.8 Å². The Morgan fingerprint density at radius 2 is 2.26 bits per heavy atom. The number of nitrogens with one attached hydrogen (secondary N) is 1. The number of rotatable bonds is 4. The lowest BCUT2D eigenvalue weighted by Gasteiger charge is -2.12. The number of phenolic OH excluding ortho intramolecular Hbond substituents is 1.